The summed E-state index contributed by atoms with van der Waals surface area (Å²) in [7, 11) is 0. The largest absolute Gasteiger partial charge is 0.464 e. The van der Waals surface area contributed by atoms with Crippen molar-refractivity contribution in [2.45, 2.75) is 18.9 Å². The first-order valence-electron chi connectivity index (χ1n) is 8.00. The van der Waals surface area contributed by atoms with Gasteiger partial charge in [-0.05, 0) is 31.2 Å². The first-order valence-corrected chi connectivity index (χ1v) is 8.00. The third-order valence-corrected chi connectivity index (χ3v) is 4.20. The minimum atomic E-state index is -2.07. The molecule has 0 spiro atoms. The Morgan fingerprint density at radius 3 is 2.42 bits per heavy atom. The van der Waals surface area contributed by atoms with Crippen molar-refractivity contribution in [1.82, 2.24) is 4.57 Å². The number of primary amides is 1. The number of nitrogens with zero attached hydrogens (tertiary/aromatic N) is 2. The third kappa shape index (κ3) is 2.46. The number of carbonyl (C=O) groups is 4. The van der Waals surface area contributed by atoms with Gasteiger partial charge in [0.05, 0.1) is 18.7 Å². The Balaban J connectivity index is 2.27. The maximum atomic E-state index is 13.3. The van der Waals surface area contributed by atoms with Gasteiger partial charge in [-0.3, -0.25) is 14.4 Å². The quantitative estimate of drug-likeness (QED) is 0.485. The number of benzene rings is 1. The SMILES string of the molecule is CCOC(=O)C1(CC(N)=O)C(=O)N(c2ccccc2)C(=O)c2cccn21. The van der Waals surface area contributed by atoms with E-state index in [0.717, 1.165) is 4.90 Å². The number of hydrogen-bond donors (Lipinski definition) is 1. The molecule has 3 rings (SSSR count). The van der Waals surface area contributed by atoms with Crippen LogP contribution >= 0.6 is 0 Å². The van der Waals surface area contributed by atoms with E-state index in [1.807, 2.05) is 0 Å². The highest BCUT2D eigenvalue weighted by molar-refractivity contribution is 6.29. The molecule has 3 amide bonds. The van der Waals surface area contributed by atoms with Gasteiger partial charge >= 0.3 is 5.97 Å². The van der Waals surface area contributed by atoms with Crippen LogP contribution in [0.15, 0.2) is 48.7 Å². The highest BCUT2D eigenvalue weighted by Crippen LogP contribution is 2.35. The van der Waals surface area contributed by atoms with Crippen molar-refractivity contribution in [3.63, 3.8) is 0 Å². The molecular formula is C18H17N3O5. The van der Waals surface area contributed by atoms with E-state index in [-0.39, 0.29) is 18.0 Å². The van der Waals surface area contributed by atoms with Crippen LogP contribution in [-0.2, 0) is 24.7 Å². The van der Waals surface area contributed by atoms with Crippen molar-refractivity contribution >= 4 is 29.4 Å². The summed E-state index contributed by atoms with van der Waals surface area (Å²) in [4.78, 5) is 51.6. The molecule has 1 aromatic carbocycles. The molecule has 1 aliphatic rings. The fourth-order valence-electron chi connectivity index (χ4n) is 3.12. The van der Waals surface area contributed by atoms with Gasteiger partial charge in [0, 0.05) is 6.20 Å². The summed E-state index contributed by atoms with van der Waals surface area (Å²) in [6.45, 7) is 1.59. The lowest BCUT2D eigenvalue weighted by atomic mass is 9.89. The fraction of sp³-hybridized carbons (Fsp3) is 0.222. The summed E-state index contributed by atoms with van der Waals surface area (Å²) in [5.74, 6) is -3.28. The predicted octanol–water partition coefficient (Wildman–Crippen LogP) is 0.809. The minimum absolute atomic E-state index is 0.00249. The number of carbonyl (C=O) groups excluding carboxylic acids is 4. The predicted molar refractivity (Wildman–Crippen MR) is 91.1 cm³/mol. The molecule has 8 nitrogen and oxygen atoms in total. The van der Waals surface area contributed by atoms with E-state index in [1.54, 1.807) is 37.3 Å². The van der Waals surface area contributed by atoms with Gasteiger partial charge in [-0.2, -0.15) is 0 Å². The van der Waals surface area contributed by atoms with Crippen molar-refractivity contribution in [1.29, 1.82) is 0 Å². The molecule has 2 heterocycles. The van der Waals surface area contributed by atoms with E-state index < -0.39 is 35.7 Å². The number of hydrogen-bond acceptors (Lipinski definition) is 5. The van der Waals surface area contributed by atoms with Crippen LogP contribution in [0.3, 0.4) is 0 Å². The monoisotopic (exact) mass is 355 g/mol. The zero-order valence-electron chi connectivity index (χ0n) is 14.0. The van der Waals surface area contributed by atoms with Crippen molar-refractivity contribution < 1.29 is 23.9 Å². The summed E-state index contributed by atoms with van der Waals surface area (Å²) in [6.07, 6.45) is 0.774. The Morgan fingerprint density at radius 2 is 1.81 bits per heavy atom. The first kappa shape index (κ1) is 17.4. The number of amides is 3. The topological polar surface area (TPSA) is 112 Å². The van der Waals surface area contributed by atoms with E-state index >= 15 is 0 Å². The lowest BCUT2D eigenvalue weighted by Crippen LogP contribution is -2.63. The lowest BCUT2D eigenvalue weighted by molar-refractivity contribution is -0.161. The maximum Gasteiger partial charge on any atom is 0.342 e. The Morgan fingerprint density at radius 1 is 1.12 bits per heavy atom. The maximum absolute atomic E-state index is 13.3. The molecule has 1 aromatic heterocycles. The van der Waals surface area contributed by atoms with Crippen LogP contribution in [0.2, 0.25) is 0 Å². The van der Waals surface area contributed by atoms with Crippen LogP contribution in [0.25, 0.3) is 0 Å². The molecule has 1 aliphatic heterocycles. The molecule has 0 radical (unpaired) electrons. The molecule has 1 atom stereocenters. The summed E-state index contributed by atoms with van der Waals surface area (Å²) < 4.78 is 6.26. The Kier molecular flexibility index (Phi) is 4.33. The number of nitrogens with two attached hydrogens (primary N) is 1. The standard InChI is InChI=1S/C18H17N3O5/c1-2-26-17(25)18(11-14(19)22)16(24)21(12-7-4-3-5-8-12)15(23)13-9-6-10-20(13)18/h3-10H,2,11H2,1H3,(H2,19,22). The molecule has 2 N–H and O–H groups in total. The van der Waals surface area contributed by atoms with Gasteiger partial charge in [0.2, 0.25) is 11.4 Å². The van der Waals surface area contributed by atoms with Crippen molar-refractivity contribution in [3.05, 3.63) is 54.4 Å². The van der Waals surface area contributed by atoms with Gasteiger partial charge in [0.1, 0.15) is 5.69 Å². The van der Waals surface area contributed by atoms with Gasteiger partial charge in [-0.1, -0.05) is 18.2 Å². The van der Waals surface area contributed by atoms with E-state index in [2.05, 4.69) is 0 Å². The Bertz CT molecular complexity index is 889. The van der Waals surface area contributed by atoms with E-state index in [4.69, 9.17) is 10.5 Å². The number of esters is 1. The summed E-state index contributed by atoms with van der Waals surface area (Å²) in [5.41, 5.74) is 3.64. The molecular weight excluding hydrogens is 338 g/mol. The van der Waals surface area contributed by atoms with Crippen LogP contribution in [-0.4, -0.2) is 34.9 Å². The fourth-order valence-corrected chi connectivity index (χ4v) is 3.12. The van der Waals surface area contributed by atoms with Gasteiger partial charge < -0.3 is 15.0 Å². The molecule has 2 aromatic rings. The van der Waals surface area contributed by atoms with Crippen LogP contribution in [0.1, 0.15) is 23.8 Å². The van der Waals surface area contributed by atoms with Crippen molar-refractivity contribution in [2.24, 2.45) is 5.73 Å². The average molecular weight is 355 g/mol. The normalized spacial score (nSPS) is 19.2. The second-order valence-electron chi connectivity index (χ2n) is 5.77. The average Bonchev–Trinajstić information content (AvgIpc) is 3.10. The van der Waals surface area contributed by atoms with Crippen molar-refractivity contribution in [2.75, 3.05) is 11.5 Å². The van der Waals surface area contributed by atoms with Crippen LogP contribution in [0.4, 0.5) is 5.69 Å². The zero-order valence-corrected chi connectivity index (χ0v) is 14.0. The number of rotatable bonds is 5. The third-order valence-electron chi connectivity index (χ3n) is 4.20. The minimum Gasteiger partial charge on any atom is -0.464 e. The molecule has 134 valence electrons. The number of fused-ring (bicyclic) bond motifs is 1. The Labute approximate surface area is 149 Å². The van der Waals surface area contributed by atoms with Crippen molar-refractivity contribution in [3.8, 4) is 0 Å². The molecule has 0 saturated heterocycles. The number of aromatic nitrogens is 1. The first-order chi connectivity index (χ1) is 12.4. The van der Waals surface area contributed by atoms with Gasteiger partial charge in [0.15, 0.2) is 0 Å². The highest BCUT2D eigenvalue weighted by atomic mass is 16.5. The second kappa shape index (κ2) is 6.47. The summed E-state index contributed by atoms with van der Waals surface area (Å²) >= 11 is 0. The summed E-state index contributed by atoms with van der Waals surface area (Å²) in [5, 5.41) is 0. The van der Waals surface area contributed by atoms with E-state index in [0.29, 0.717) is 0 Å². The molecule has 0 aliphatic carbocycles. The molecule has 0 fully saturated rings. The number of imide groups is 1. The van der Waals surface area contributed by atoms with E-state index in [9.17, 15) is 19.2 Å². The lowest BCUT2D eigenvalue weighted by Gasteiger charge is -2.39. The molecule has 26 heavy (non-hydrogen) atoms. The van der Waals surface area contributed by atoms with Gasteiger partial charge in [-0.25, -0.2) is 9.69 Å². The zero-order chi connectivity index (χ0) is 18.9. The van der Waals surface area contributed by atoms with Crippen LogP contribution < -0.4 is 10.6 Å². The molecule has 0 bridgehead atoms. The van der Waals surface area contributed by atoms with Gasteiger partial charge in [0.25, 0.3) is 11.8 Å². The van der Waals surface area contributed by atoms with Crippen LogP contribution in [0.5, 0.6) is 0 Å². The highest BCUT2D eigenvalue weighted by Gasteiger charge is 2.58. The number of anilines is 1. The van der Waals surface area contributed by atoms with E-state index in [1.165, 1.54) is 22.9 Å². The molecule has 0 saturated carbocycles. The number of ether oxygens (including phenoxy) is 1. The second-order valence-corrected chi connectivity index (χ2v) is 5.77. The van der Waals surface area contributed by atoms with Crippen LogP contribution in [0, 0.1) is 0 Å². The smallest absolute Gasteiger partial charge is 0.342 e. The number of para-hydroxylation sites is 1. The Hall–Kier alpha value is -3.42. The summed E-state index contributed by atoms with van der Waals surface area (Å²) in [6, 6.07) is 11.2. The molecule has 8 heteroatoms. The molecule has 1 unspecified atom stereocenters. The van der Waals surface area contributed by atoms with Gasteiger partial charge in [-0.15, -0.1) is 0 Å².